The second-order valence-corrected chi connectivity index (χ2v) is 16.5. The number of methoxy groups -OCH3 is 1. The zero-order valence-corrected chi connectivity index (χ0v) is 29.1. The highest BCUT2D eigenvalue weighted by molar-refractivity contribution is 7.91. The summed E-state index contributed by atoms with van der Waals surface area (Å²) < 4.78 is 44.7. The van der Waals surface area contributed by atoms with E-state index in [4.69, 9.17) is 19.2 Å². The molecule has 3 amide bonds. The lowest BCUT2D eigenvalue weighted by atomic mass is 10.1. The molecule has 6 rings (SSSR count). The lowest BCUT2D eigenvalue weighted by Gasteiger charge is -2.29. The van der Waals surface area contributed by atoms with Crippen molar-refractivity contribution in [1.29, 1.82) is 0 Å². The molecular weight excluding hydrogens is 648 g/mol. The Morgan fingerprint density at radius 1 is 1.08 bits per heavy atom. The smallest absolute Gasteiger partial charge is 0.411 e. The van der Waals surface area contributed by atoms with Crippen molar-refractivity contribution in [3.05, 3.63) is 67.3 Å². The highest BCUT2D eigenvalue weighted by Gasteiger charge is 2.63. The molecule has 2 aliphatic carbocycles. The minimum atomic E-state index is -3.95. The largest absolute Gasteiger partial charge is 0.497 e. The maximum atomic E-state index is 14.0. The van der Waals surface area contributed by atoms with Gasteiger partial charge in [0, 0.05) is 35.4 Å². The normalized spacial score (nSPS) is 24.1. The Kier molecular flexibility index (Phi) is 8.62. The molecule has 2 saturated carbocycles. The van der Waals surface area contributed by atoms with Crippen LogP contribution in [0.5, 0.6) is 11.5 Å². The minimum Gasteiger partial charge on any atom is -0.497 e. The first-order valence-corrected chi connectivity index (χ1v) is 17.8. The zero-order chi connectivity index (χ0) is 35.4. The average Bonchev–Trinajstić information content (AvgIpc) is 3.94. The van der Waals surface area contributed by atoms with E-state index in [1.165, 1.54) is 11.0 Å². The van der Waals surface area contributed by atoms with Gasteiger partial charge in [-0.2, -0.15) is 0 Å². The second-order valence-electron chi connectivity index (χ2n) is 14.3. The van der Waals surface area contributed by atoms with Gasteiger partial charge in [0.1, 0.15) is 34.8 Å². The Hall–Kier alpha value is -4.65. The minimum absolute atomic E-state index is 0.0183. The van der Waals surface area contributed by atoms with Crippen LogP contribution < -0.4 is 19.5 Å². The molecule has 13 heteroatoms. The number of amides is 3. The van der Waals surface area contributed by atoms with Crippen LogP contribution in [0, 0.1) is 5.92 Å². The summed E-state index contributed by atoms with van der Waals surface area (Å²) in [5.41, 5.74) is -0.181. The van der Waals surface area contributed by atoms with Crippen molar-refractivity contribution in [1.82, 2.24) is 19.9 Å². The number of rotatable bonds is 10. The van der Waals surface area contributed by atoms with Gasteiger partial charge in [-0.15, -0.1) is 6.58 Å². The molecule has 0 unspecified atom stereocenters. The van der Waals surface area contributed by atoms with Crippen LogP contribution in [-0.2, 0) is 24.3 Å². The number of carbonyl (C=O) groups excluding carboxylic acids is 3. The molecule has 2 N–H and O–H groups in total. The van der Waals surface area contributed by atoms with E-state index in [-0.39, 0.29) is 19.4 Å². The van der Waals surface area contributed by atoms with E-state index in [0.717, 1.165) is 5.56 Å². The summed E-state index contributed by atoms with van der Waals surface area (Å²) in [6.07, 6.45) is 1.31. The summed E-state index contributed by atoms with van der Waals surface area (Å²) in [5.74, 6) is -0.801. The summed E-state index contributed by atoms with van der Waals surface area (Å²) in [6.45, 7) is 10.6. The quantitative estimate of drug-likeness (QED) is 0.288. The molecule has 3 aromatic rings. The van der Waals surface area contributed by atoms with Crippen molar-refractivity contribution in [2.75, 3.05) is 13.7 Å². The lowest BCUT2D eigenvalue weighted by molar-refractivity contribution is -0.131. The Balaban J connectivity index is 1.29. The summed E-state index contributed by atoms with van der Waals surface area (Å²) in [4.78, 5) is 47.2. The first-order valence-electron chi connectivity index (χ1n) is 16.3. The van der Waals surface area contributed by atoms with Gasteiger partial charge < -0.3 is 19.5 Å². The second kappa shape index (κ2) is 12.3. The maximum Gasteiger partial charge on any atom is 0.411 e. The predicted octanol–water partition coefficient (Wildman–Crippen LogP) is 4.73. The van der Waals surface area contributed by atoms with Crippen molar-refractivity contribution in [3.8, 4) is 22.8 Å². The van der Waals surface area contributed by atoms with Crippen molar-refractivity contribution < 1.29 is 37.0 Å². The molecular formula is C36H42N4O8S. The summed E-state index contributed by atoms with van der Waals surface area (Å²) in [6, 6.07) is 15.8. The number of fused-ring (bicyclic) bond motifs is 1. The van der Waals surface area contributed by atoms with Crippen molar-refractivity contribution in [3.63, 3.8) is 0 Å². The number of hydrogen-bond donors (Lipinski definition) is 2. The molecule has 1 aromatic heterocycles. The number of likely N-dealkylation sites (tertiary alicyclic amines) is 1. The molecule has 12 nitrogen and oxygen atoms in total. The molecule has 4 atom stereocenters. The lowest BCUT2D eigenvalue weighted by Crippen LogP contribution is -2.57. The predicted molar refractivity (Wildman–Crippen MR) is 183 cm³/mol. The van der Waals surface area contributed by atoms with E-state index in [9.17, 15) is 22.8 Å². The standard InChI is InChI=1S/C36H42N4O8S/c1-7-23-20-36(23,32(42)39-49(44,45)35(5)15-16-35)38-31(41)29-18-25(21-40(29)33(43)48-34(2,3)4)47-30-19-27(22-11-9-8-10-12-22)37-28-17-24(46-6)13-14-26(28)30/h7-14,17,19,23,25,29H,1,15-16,18,20-21H2,2-6H3,(H,38,41)(H,39,42)/t23-,25-,29+,36-/m1/s1. The molecule has 260 valence electrons. The number of ether oxygens (including phenoxy) is 3. The molecule has 0 bridgehead atoms. The van der Waals surface area contributed by atoms with Crippen LogP contribution >= 0.6 is 0 Å². The Morgan fingerprint density at radius 2 is 1.80 bits per heavy atom. The van der Waals surface area contributed by atoms with Crippen LogP contribution in [0.25, 0.3) is 22.2 Å². The first-order chi connectivity index (χ1) is 23.1. The third-order valence-corrected chi connectivity index (χ3v) is 11.6. The molecule has 3 fully saturated rings. The van der Waals surface area contributed by atoms with E-state index >= 15 is 0 Å². The number of pyridine rings is 1. The van der Waals surface area contributed by atoms with E-state index < -0.39 is 61.9 Å². The van der Waals surface area contributed by atoms with Crippen LogP contribution in [0.15, 0.2) is 67.3 Å². The summed E-state index contributed by atoms with van der Waals surface area (Å²) in [7, 11) is -2.38. The van der Waals surface area contributed by atoms with E-state index in [0.29, 0.717) is 40.9 Å². The third kappa shape index (κ3) is 6.81. The van der Waals surface area contributed by atoms with Gasteiger partial charge in [-0.05, 0) is 59.1 Å². The van der Waals surface area contributed by atoms with Gasteiger partial charge in [-0.1, -0.05) is 36.4 Å². The Labute approximate surface area is 286 Å². The summed E-state index contributed by atoms with van der Waals surface area (Å²) in [5, 5.41) is 3.51. The topological polar surface area (TPSA) is 153 Å². The van der Waals surface area contributed by atoms with Gasteiger partial charge in [0.15, 0.2) is 0 Å². The number of benzene rings is 2. The van der Waals surface area contributed by atoms with Gasteiger partial charge in [-0.3, -0.25) is 19.2 Å². The van der Waals surface area contributed by atoms with Gasteiger partial charge >= 0.3 is 6.09 Å². The fourth-order valence-electron chi connectivity index (χ4n) is 6.11. The first kappa shape index (κ1) is 34.2. The molecule has 49 heavy (non-hydrogen) atoms. The van der Waals surface area contributed by atoms with Crippen molar-refractivity contribution in [2.45, 2.75) is 81.4 Å². The van der Waals surface area contributed by atoms with Crippen LogP contribution in [0.2, 0.25) is 0 Å². The van der Waals surface area contributed by atoms with Crippen LogP contribution in [0.4, 0.5) is 4.79 Å². The van der Waals surface area contributed by atoms with Gasteiger partial charge in [0.05, 0.1) is 29.6 Å². The molecule has 3 aliphatic rings. The Morgan fingerprint density at radius 3 is 2.41 bits per heavy atom. The number of aromatic nitrogens is 1. The van der Waals surface area contributed by atoms with Crippen LogP contribution in [-0.4, -0.2) is 77.9 Å². The van der Waals surface area contributed by atoms with Gasteiger partial charge in [-0.25, -0.2) is 18.2 Å². The van der Waals surface area contributed by atoms with Gasteiger partial charge in [0.25, 0.3) is 5.91 Å². The molecule has 2 aromatic carbocycles. The monoisotopic (exact) mass is 690 g/mol. The zero-order valence-electron chi connectivity index (χ0n) is 28.3. The fraction of sp³-hybridized carbons (Fsp3) is 0.444. The molecule has 1 saturated heterocycles. The number of carbonyl (C=O) groups is 3. The number of sulfonamides is 1. The SMILES string of the molecule is C=C[C@@H]1C[C@]1(NC(=O)[C@@H]1C[C@@H](Oc2cc(-c3ccccc3)nc3cc(OC)ccc23)CN1C(=O)OC(C)(C)C)C(=O)NS(=O)(=O)C1(C)CC1. The van der Waals surface area contributed by atoms with E-state index in [1.807, 2.05) is 48.5 Å². The van der Waals surface area contributed by atoms with Crippen LogP contribution in [0.3, 0.4) is 0 Å². The third-order valence-electron chi connectivity index (χ3n) is 9.42. The maximum absolute atomic E-state index is 14.0. The van der Waals surface area contributed by atoms with Gasteiger partial charge in [0.2, 0.25) is 15.9 Å². The summed E-state index contributed by atoms with van der Waals surface area (Å²) >= 11 is 0. The number of hydrogen-bond acceptors (Lipinski definition) is 9. The number of nitrogens with one attached hydrogen (secondary N) is 2. The van der Waals surface area contributed by atoms with Crippen LogP contribution in [0.1, 0.15) is 53.4 Å². The van der Waals surface area contributed by atoms with Crippen molar-refractivity contribution in [2.24, 2.45) is 5.92 Å². The highest BCUT2D eigenvalue weighted by atomic mass is 32.2. The van der Waals surface area contributed by atoms with E-state index in [1.54, 1.807) is 40.9 Å². The average molecular weight is 691 g/mol. The molecule has 1 aliphatic heterocycles. The Bertz CT molecular complexity index is 1920. The molecule has 0 spiro atoms. The fourth-order valence-corrected chi connectivity index (χ4v) is 7.42. The molecule has 2 heterocycles. The molecule has 0 radical (unpaired) electrons. The number of nitrogens with zero attached hydrogens (tertiary/aromatic N) is 2. The highest BCUT2D eigenvalue weighted by Crippen LogP contribution is 2.47. The van der Waals surface area contributed by atoms with Crippen molar-refractivity contribution >= 4 is 38.8 Å². The van der Waals surface area contributed by atoms with E-state index in [2.05, 4.69) is 16.6 Å².